The van der Waals surface area contributed by atoms with Crippen LogP contribution in [0.5, 0.6) is 0 Å². The van der Waals surface area contributed by atoms with Gasteiger partial charge >= 0.3 is 0 Å². The van der Waals surface area contributed by atoms with Gasteiger partial charge in [-0.1, -0.05) is 73.1 Å². The standard InChI is InChI=1S/C27H45N/c1-18(2)22-11-10-12-23(19(3)4)25(22)28-17-27(16-26(28,8)9)15-21(7)13-14-24(27)20(5)6/h10-12,18-21,24H,13-17H2,1-9H3/t21-,24+,27+/m1/s1. The summed E-state index contributed by atoms with van der Waals surface area (Å²) in [6, 6.07) is 7.05. The van der Waals surface area contributed by atoms with Gasteiger partial charge in [-0.2, -0.15) is 0 Å². The Morgan fingerprint density at radius 2 is 1.50 bits per heavy atom. The molecule has 0 N–H and O–H groups in total. The van der Waals surface area contributed by atoms with Gasteiger partial charge in [0, 0.05) is 17.8 Å². The highest BCUT2D eigenvalue weighted by Gasteiger charge is 2.55. The molecule has 0 radical (unpaired) electrons. The summed E-state index contributed by atoms with van der Waals surface area (Å²) in [6.45, 7) is 23.2. The number of anilines is 1. The highest BCUT2D eigenvalue weighted by Crippen LogP contribution is 2.58. The Labute approximate surface area is 175 Å². The van der Waals surface area contributed by atoms with Crippen molar-refractivity contribution in [3.8, 4) is 0 Å². The second kappa shape index (κ2) is 7.69. The summed E-state index contributed by atoms with van der Waals surface area (Å²) in [7, 11) is 0. The lowest BCUT2D eigenvalue weighted by Gasteiger charge is -2.46. The molecule has 1 aromatic carbocycles. The van der Waals surface area contributed by atoms with E-state index in [1.165, 1.54) is 32.2 Å². The summed E-state index contributed by atoms with van der Waals surface area (Å²) in [5.74, 6) is 3.64. The van der Waals surface area contributed by atoms with Crippen molar-refractivity contribution >= 4 is 5.69 Å². The first kappa shape index (κ1) is 21.7. The Balaban J connectivity index is 2.11. The van der Waals surface area contributed by atoms with Gasteiger partial charge in [0.1, 0.15) is 0 Å². The zero-order valence-electron chi connectivity index (χ0n) is 20.1. The molecule has 0 amide bonds. The number of benzene rings is 1. The molecule has 1 heteroatoms. The van der Waals surface area contributed by atoms with Crippen molar-refractivity contribution in [3.05, 3.63) is 29.3 Å². The van der Waals surface area contributed by atoms with Crippen molar-refractivity contribution in [1.82, 2.24) is 0 Å². The van der Waals surface area contributed by atoms with E-state index in [4.69, 9.17) is 0 Å². The molecular formula is C27H45N. The Kier molecular flexibility index (Phi) is 5.97. The first-order valence-electron chi connectivity index (χ1n) is 11.9. The Morgan fingerprint density at radius 1 is 0.929 bits per heavy atom. The fourth-order valence-corrected chi connectivity index (χ4v) is 6.89. The Hall–Kier alpha value is -0.980. The maximum absolute atomic E-state index is 2.85. The van der Waals surface area contributed by atoms with Crippen molar-refractivity contribution in [1.29, 1.82) is 0 Å². The number of rotatable bonds is 4. The van der Waals surface area contributed by atoms with Gasteiger partial charge in [-0.05, 0) is 79.2 Å². The van der Waals surface area contributed by atoms with Gasteiger partial charge in [0.25, 0.3) is 0 Å². The average Bonchev–Trinajstić information content (AvgIpc) is 2.83. The van der Waals surface area contributed by atoms with Crippen LogP contribution in [0.2, 0.25) is 0 Å². The van der Waals surface area contributed by atoms with Crippen molar-refractivity contribution in [3.63, 3.8) is 0 Å². The normalized spacial score (nSPS) is 30.2. The zero-order valence-corrected chi connectivity index (χ0v) is 20.1. The van der Waals surface area contributed by atoms with Gasteiger partial charge in [-0.15, -0.1) is 0 Å². The highest BCUT2D eigenvalue weighted by molar-refractivity contribution is 5.64. The molecule has 3 rings (SSSR count). The fraction of sp³-hybridized carbons (Fsp3) is 0.778. The minimum absolute atomic E-state index is 0.221. The number of hydrogen-bond acceptors (Lipinski definition) is 1. The highest BCUT2D eigenvalue weighted by atomic mass is 15.2. The van der Waals surface area contributed by atoms with Crippen LogP contribution < -0.4 is 4.90 Å². The van der Waals surface area contributed by atoms with Crippen LogP contribution >= 0.6 is 0 Å². The minimum Gasteiger partial charge on any atom is -0.365 e. The lowest BCUT2D eigenvalue weighted by molar-refractivity contribution is 0.0453. The van der Waals surface area contributed by atoms with Gasteiger partial charge in [0.05, 0.1) is 0 Å². The van der Waals surface area contributed by atoms with Crippen LogP contribution in [0.25, 0.3) is 0 Å². The van der Waals surface area contributed by atoms with E-state index in [0.29, 0.717) is 17.3 Å². The molecule has 1 aromatic rings. The predicted molar refractivity (Wildman–Crippen MR) is 124 cm³/mol. The summed E-state index contributed by atoms with van der Waals surface area (Å²) in [4.78, 5) is 2.85. The molecule has 0 aromatic heterocycles. The molecule has 1 heterocycles. The number of hydrogen-bond donors (Lipinski definition) is 0. The summed E-state index contributed by atoms with van der Waals surface area (Å²) in [5, 5.41) is 0. The number of nitrogens with zero attached hydrogens (tertiary/aromatic N) is 1. The molecule has 1 saturated carbocycles. The molecule has 158 valence electrons. The first-order valence-corrected chi connectivity index (χ1v) is 11.9. The summed E-state index contributed by atoms with van der Waals surface area (Å²) < 4.78 is 0. The Bertz CT molecular complexity index is 657. The maximum atomic E-state index is 2.85. The van der Waals surface area contributed by atoms with E-state index >= 15 is 0 Å². The molecule has 28 heavy (non-hydrogen) atoms. The van der Waals surface area contributed by atoms with Gasteiger partial charge in [0.15, 0.2) is 0 Å². The van der Waals surface area contributed by atoms with Crippen LogP contribution in [-0.4, -0.2) is 12.1 Å². The van der Waals surface area contributed by atoms with E-state index in [2.05, 4.69) is 85.4 Å². The Morgan fingerprint density at radius 3 is 2.00 bits per heavy atom. The van der Waals surface area contributed by atoms with Gasteiger partial charge in [0.2, 0.25) is 0 Å². The van der Waals surface area contributed by atoms with E-state index < -0.39 is 0 Å². The topological polar surface area (TPSA) is 3.24 Å². The molecule has 1 nitrogen and oxygen atoms in total. The summed E-state index contributed by atoms with van der Waals surface area (Å²) in [5.41, 5.74) is 5.35. The molecule has 1 saturated heterocycles. The van der Waals surface area contributed by atoms with Crippen molar-refractivity contribution in [2.45, 2.75) is 105 Å². The van der Waals surface area contributed by atoms with Gasteiger partial charge in [-0.3, -0.25) is 0 Å². The number of para-hydroxylation sites is 1. The van der Waals surface area contributed by atoms with Crippen molar-refractivity contribution < 1.29 is 0 Å². The average molecular weight is 384 g/mol. The molecule has 2 fully saturated rings. The third kappa shape index (κ3) is 3.75. The van der Waals surface area contributed by atoms with Crippen LogP contribution in [0.15, 0.2) is 18.2 Å². The van der Waals surface area contributed by atoms with Crippen LogP contribution in [0.1, 0.15) is 111 Å². The minimum atomic E-state index is 0.221. The zero-order chi connectivity index (χ0) is 20.9. The molecule has 3 atom stereocenters. The van der Waals surface area contributed by atoms with Crippen molar-refractivity contribution in [2.75, 3.05) is 11.4 Å². The second-order valence-electron chi connectivity index (χ2n) is 11.8. The fourth-order valence-electron chi connectivity index (χ4n) is 6.89. The van der Waals surface area contributed by atoms with Crippen LogP contribution in [0, 0.1) is 23.2 Å². The van der Waals surface area contributed by atoms with Crippen molar-refractivity contribution in [2.24, 2.45) is 23.2 Å². The quantitative estimate of drug-likeness (QED) is 0.509. The molecule has 0 bridgehead atoms. The molecule has 1 aliphatic carbocycles. The summed E-state index contributed by atoms with van der Waals surface area (Å²) >= 11 is 0. The van der Waals surface area contributed by atoms with Crippen LogP contribution in [0.3, 0.4) is 0 Å². The van der Waals surface area contributed by atoms with E-state index in [-0.39, 0.29) is 5.54 Å². The first-order chi connectivity index (χ1) is 13.0. The smallest absolute Gasteiger partial charge is 0.0441 e. The van der Waals surface area contributed by atoms with E-state index in [1.54, 1.807) is 16.8 Å². The van der Waals surface area contributed by atoms with Gasteiger partial charge in [-0.25, -0.2) is 0 Å². The maximum Gasteiger partial charge on any atom is 0.0441 e. The summed E-state index contributed by atoms with van der Waals surface area (Å²) in [6.07, 6.45) is 5.60. The molecule has 2 aliphatic rings. The molecule has 0 unspecified atom stereocenters. The van der Waals surface area contributed by atoms with Gasteiger partial charge < -0.3 is 4.90 Å². The second-order valence-corrected chi connectivity index (χ2v) is 11.8. The third-order valence-corrected chi connectivity index (χ3v) is 7.92. The SMILES string of the molecule is CC(C)c1cccc(C(C)C)c1N1C[C@]2(C[C@H](C)CC[C@H]2C(C)C)CC1(C)C. The van der Waals surface area contributed by atoms with E-state index in [9.17, 15) is 0 Å². The monoisotopic (exact) mass is 383 g/mol. The van der Waals surface area contributed by atoms with E-state index in [0.717, 1.165) is 17.8 Å². The van der Waals surface area contributed by atoms with Crippen LogP contribution in [-0.2, 0) is 0 Å². The van der Waals surface area contributed by atoms with Crippen LogP contribution in [0.4, 0.5) is 5.69 Å². The molecule has 1 aliphatic heterocycles. The lowest BCUT2D eigenvalue weighted by atomic mass is 9.58. The molecule has 1 spiro atoms. The lowest BCUT2D eigenvalue weighted by Crippen LogP contribution is -2.42. The third-order valence-electron chi connectivity index (χ3n) is 7.92. The predicted octanol–water partition coefficient (Wildman–Crippen LogP) is 8.00. The van der Waals surface area contributed by atoms with E-state index in [1.807, 2.05) is 0 Å². The molecular weight excluding hydrogens is 338 g/mol. The largest absolute Gasteiger partial charge is 0.365 e.